The van der Waals surface area contributed by atoms with Gasteiger partial charge in [0, 0.05) is 0 Å². The minimum absolute atomic E-state index is 0.0254. The first kappa shape index (κ1) is 14.2. The molecule has 0 spiro atoms. The normalized spacial score (nSPS) is 11.3. The van der Waals surface area contributed by atoms with E-state index in [4.69, 9.17) is 9.56 Å². The van der Waals surface area contributed by atoms with Crippen molar-refractivity contribution in [1.82, 2.24) is 0 Å². The third-order valence-electron chi connectivity index (χ3n) is 2.48. The number of rotatable bonds is 3. The molecule has 2 aromatic rings. The number of hydrogen-bond acceptors (Lipinski definition) is 4. The third kappa shape index (κ3) is 3.03. The minimum Gasteiger partial charge on any atom is -0.456 e. The molecular formula is C12H11FN2O4S. The van der Waals surface area contributed by atoms with Crippen molar-refractivity contribution >= 4 is 21.6 Å². The standard InChI is InChI=1S/C12H11FN2O4S/c1-7-2-5-11(19-7)12(16)15-10-4-3-8(6-9(10)13)20(14,17)18/h2-6H,1H3,(H,15,16)(H2,14,17,18). The molecule has 0 aliphatic heterocycles. The monoisotopic (exact) mass is 298 g/mol. The molecule has 0 fully saturated rings. The molecule has 0 aliphatic carbocycles. The number of halogens is 1. The highest BCUT2D eigenvalue weighted by atomic mass is 32.2. The second kappa shape index (κ2) is 5.06. The largest absolute Gasteiger partial charge is 0.456 e. The van der Waals surface area contributed by atoms with Gasteiger partial charge in [-0.25, -0.2) is 17.9 Å². The Hall–Kier alpha value is -2.19. The van der Waals surface area contributed by atoms with E-state index in [2.05, 4.69) is 5.32 Å². The van der Waals surface area contributed by atoms with Crippen molar-refractivity contribution in [2.24, 2.45) is 5.14 Å². The summed E-state index contributed by atoms with van der Waals surface area (Å²) in [5.41, 5.74) is -0.170. The van der Waals surface area contributed by atoms with Gasteiger partial charge in [-0.3, -0.25) is 4.79 Å². The average Bonchev–Trinajstić information content (AvgIpc) is 2.77. The highest BCUT2D eigenvalue weighted by Crippen LogP contribution is 2.19. The molecule has 3 N–H and O–H groups in total. The summed E-state index contributed by atoms with van der Waals surface area (Å²) >= 11 is 0. The number of carbonyl (C=O) groups excluding carboxylic acids is 1. The van der Waals surface area contributed by atoms with E-state index < -0.39 is 21.7 Å². The second-order valence-corrected chi connectivity index (χ2v) is 5.61. The Balaban J connectivity index is 2.25. The molecule has 0 atom stereocenters. The molecule has 0 saturated heterocycles. The van der Waals surface area contributed by atoms with Gasteiger partial charge in [0.1, 0.15) is 11.6 Å². The molecule has 1 aromatic carbocycles. The lowest BCUT2D eigenvalue weighted by molar-refractivity contribution is 0.0995. The summed E-state index contributed by atoms with van der Waals surface area (Å²) in [4.78, 5) is 11.4. The molecule has 6 nitrogen and oxygen atoms in total. The Morgan fingerprint density at radius 3 is 2.50 bits per heavy atom. The fraction of sp³-hybridized carbons (Fsp3) is 0.0833. The lowest BCUT2D eigenvalue weighted by atomic mass is 10.3. The highest BCUT2D eigenvalue weighted by Gasteiger charge is 2.15. The van der Waals surface area contributed by atoms with Crippen LogP contribution in [0.4, 0.5) is 10.1 Å². The lowest BCUT2D eigenvalue weighted by Gasteiger charge is -2.06. The zero-order chi connectivity index (χ0) is 14.9. The number of primary sulfonamides is 1. The number of furan rings is 1. The second-order valence-electron chi connectivity index (χ2n) is 4.05. The molecular weight excluding hydrogens is 287 g/mol. The molecule has 106 valence electrons. The van der Waals surface area contributed by atoms with Crippen LogP contribution in [0.2, 0.25) is 0 Å². The van der Waals surface area contributed by atoms with Crippen LogP contribution < -0.4 is 10.5 Å². The van der Waals surface area contributed by atoms with Gasteiger partial charge in [0.2, 0.25) is 10.0 Å². The van der Waals surface area contributed by atoms with Crippen molar-refractivity contribution in [2.75, 3.05) is 5.32 Å². The van der Waals surface area contributed by atoms with Crippen molar-refractivity contribution < 1.29 is 22.0 Å². The number of nitrogens with two attached hydrogens (primary N) is 1. The Morgan fingerprint density at radius 1 is 1.30 bits per heavy atom. The first-order valence-corrected chi connectivity index (χ1v) is 7.02. The number of hydrogen-bond donors (Lipinski definition) is 2. The maximum Gasteiger partial charge on any atom is 0.291 e. The van der Waals surface area contributed by atoms with Crippen LogP contribution >= 0.6 is 0 Å². The molecule has 1 amide bonds. The minimum atomic E-state index is -3.99. The number of aryl methyl sites for hydroxylation is 1. The summed E-state index contributed by atoms with van der Waals surface area (Å²) in [5, 5.41) is 7.15. The number of benzene rings is 1. The van der Waals surface area contributed by atoms with Gasteiger partial charge in [0.25, 0.3) is 5.91 Å². The molecule has 20 heavy (non-hydrogen) atoms. The quantitative estimate of drug-likeness (QED) is 0.898. The maximum absolute atomic E-state index is 13.7. The predicted octanol–water partition coefficient (Wildman–Crippen LogP) is 1.63. The van der Waals surface area contributed by atoms with Gasteiger partial charge in [-0.1, -0.05) is 0 Å². The smallest absolute Gasteiger partial charge is 0.291 e. The molecule has 1 aromatic heterocycles. The Morgan fingerprint density at radius 2 is 2.00 bits per heavy atom. The van der Waals surface area contributed by atoms with Crippen molar-refractivity contribution in [1.29, 1.82) is 0 Å². The number of nitrogens with one attached hydrogen (secondary N) is 1. The third-order valence-corrected chi connectivity index (χ3v) is 3.39. The Labute approximate surface area is 114 Å². The van der Waals surface area contributed by atoms with E-state index in [-0.39, 0.29) is 16.3 Å². The Bertz CT molecular complexity index is 768. The fourth-order valence-corrected chi connectivity index (χ4v) is 2.04. The summed E-state index contributed by atoms with van der Waals surface area (Å²) in [6.45, 7) is 1.66. The topological polar surface area (TPSA) is 102 Å². The van der Waals surface area contributed by atoms with Crippen LogP contribution in [-0.2, 0) is 10.0 Å². The molecule has 0 unspecified atom stereocenters. The number of sulfonamides is 1. The van der Waals surface area contributed by atoms with Gasteiger partial charge in [0.15, 0.2) is 5.76 Å². The van der Waals surface area contributed by atoms with E-state index in [1.165, 1.54) is 6.07 Å². The number of carbonyl (C=O) groups is 1. The SMILES string of the molecule is Cc1ccc(C(=O)Nc2ccc(S(N)(=O)=O)cc2F)o1. The van der Waals surface area contributed by atoms with E-state index in [9.17, 15) is 17.6 Å². The van der Waals surface area contributed by atoms with Crippen molar-refractivity contribution in [3.8, 4) is 0 Å². The zero-order valence-electron chi connectivity index (χ0n) is 10.4. The van der Waals surface area contributed by atoms with Gasteiger partial charge in [-0.15, -0.1) is 0 Å². The zero-order valence-corrected chi connectivity index (χ0v) is 11.2. The van der Waals surface area contributed by atoms with Crippen LogP contribution in [0.3, 0.4) is 0 Å². The van der Waals surface area contributed by atoms with Gasteiger partial charge in [-0.05, 0) is 37.3 Å². The molecule has 0 bridgehead atoms. The predicted molar refractivity (Wildman–Crippen MR) is 69.2 cm³/mol. The summed E-state index contributed by atoms with van der Waals surface area (Å²) in [6.07, 6.45) is 0. The van der Waals surface area contributed by atoms with Crippen LogP contribution in [0.15, 0.2) is 39.6 Å². The average molecular weight is 298 g/mol. The maximum atomic E-state index is 13.7. The molecule has 1 heterocycles. The first-order chi connectivity index (χ1) is 9.27. The van der Waals surface area contributed by atoms with Crippen LogP contribution in [0, 0.1) is 12.7 Å². The van der Waals surface area contributed by atoms with Gasteiger partial charge >= 0.3 is 0 Å². The van der Waals surface area contributed by atoms with Gasteiger partial charge in [-0.2, -0.15) is 0 Å². The van der Waals surface area contributed by atoms with Crippen molar-refractivity contribution in [3.63, 3.8) is 0 Å². The Kier molecular flexibility index (Phi) is 3.60. The molecule has 8 heteroatoms. The van der Waals surface area contributed by atoms with Crippen LogP contribution in [0.1, 0.15) is 16.3 Å². The van der Waals surface area contributed by atoms with Crippen LogP contribution in [0.5, 0.6) is 0 Å². The van der Waals surface area contributed by atoms with Crippen molar-refractivity contribution in [2.45, 2.75) is 11.8 Å². The van der Waals surface area contributed by atoms with Crippen LogP contribution in [0.25, 0.3) is 0 Å². The number of anilines is 1. The molecule has 0 saturated carbocycles. The summed E-state index contributed by atoms with van der Waals surface area (Å²) in [7, 11) is -3.99. The molecule has 0 aliphatic rings. The lowest BCUT2D eigenvalue weighted by Crippen LogP contribution is -2.15. The van der Waals surface area contributed by atoms with Crippen LogP contribution in [-0.4, -0.2) is 14.3 Å². The summed E-state index contributed by atoms with van der Waals surface area (Å²) < 4.78 is 40.9. The summed E-state index contributed by atoms with van der Waals surface area (Å²) in [6, 6.07) is 5.99. The van der Waals surface area contributed by atoms with Crippen molar-refractivity contribution in [3.05, 3.63) is 47.7 Å². The molecule has 0 radical (unpaired) electrons. The number of amides is 1. The fourth-order valence-electron chi connectivity index (χ4n) is 1.51. The first-order valence-electron chi connectivity index (χ1n) is 5.47. The van der Waals surface area contributed by atoms with E-state index in [0.717, 1.165) is 18.2 Å². The highest BCUT2D eigenvalue weighted by molar-refractivity contribution is 7.89. The van der Waals surface area contributed by atoms with E-state index in [1.54, 1.807) is 13.0 Å². The van der Waals surface area contributed by atoms with E-state index in [1.807, 2.05) is 0 Å². The molecule has 2 rings (SSSR count). The van der Waals surface area contributed by atoms with E-state index in [0.29, 0.717) is 5.76 Å². The van der Waals surface area contributed by atoms with Gasteiger partial charge < -0.3 is 9.73 Å². The van der Waals surface area contributed by atoms with Gasteiger partial charge in [0.05, 0.1) is 10.6 Å². The van der Waals surface area contributed by atoms with E-state index >= 15 is 0 Å². The summed E-state index contributed by atoms with van der Waals surface area (Å²) in [5.74, 6) is -0.980.